The second-order valence-electron chi connectivity index (χ2n) is 4.61. The molecule has 1 N–H and O–H groups in total. The third kappa shape index (κ3) is 5.32. The molecule has 0 aromatic heterocycles. The third-order valence-electron chi connectivity index (χ3n) is 2.75. The molecule has 1 unspecified atom stereocenters. The van der Waals surface area contributed by atoms with Gasteiger partial charge in [-0.05, 0) is 32.1 Å². The fraction of sp³-hybridized carbons (Fsp3) is 0.727. The molecule has 5 nitrogen and oxygen atoms in total. The zero-order valence-electron chi connectivity index (χ0n) is 10.2. The molecule has 6 heteroatoms. The molecule has 17 heavy (non-hydrogen) atoms. The summed E-state index contributed by atoms with van der Waals surface area (Å²) < 4.78 is 29.6. The Kier molecular flexibility index (Phi) is 4.70. The van der Waals surface area contributed by atoms with Crippen LogP contribution in [0.5, 0.6) is 0 Å². The maximum absolute atomic E-state index is 11.3. The number of sulfonamides is 1. The molecular formula is C11H19NO4S. The van der Waals surface area contributed by atoms with E-state index in [2.05, 4.69) is 11.3 Å². The van der Waals surface area contributed by atoms with Gasteiger partial charge in [-0.25, -0.2) is 17.9 Å². The molecule has 1 fully saturated rings. The normalized spacial score (nSPS) is 24.6. The molecule has 0 heterocycles. The molecule has 1 aliphatic rings. The van der Waals surface area contributed by atoms with Crippen molar-refractivity contribution >= 4 is 16.0 Å². The first-order valence-corrected chi connectivity index (χ1v) is 7.48. The van der Waals surface area contributed by atoms with E-state index < -0.39 is 10.0 Å². The van der Waals surface area contributed by atoms with E-state index in [0.717, 1.165) is 19.1 Å². The van der Waals surface area contributed by atoms with Gasteiger partial charge in [-0.2, -0.15) is 0 Å². The predicted octanol–water partition coefficient (Wildman–Crippen LogP) is 0.824. The molecule has 0 saturated heterocycles. The lowest BCUT2D eigenvalue weighted by Crippen LogP contribution is -2.27. The van der Waals surface area contributed by atoms with Crippen LogP contribution in [-0.4, -0.2) is 33.3 Å². The molecule has 1 rings (SSSR count). The highest BCUT2D eigenvalue weighted by molar-refractivity contribution is 7.88. The van der Waals surface area contributed by atoms with Crippen molar-refractivity contribution in [1.29, 1.82) is 0 Å². The van der Waals surface area contributed by atoms with Gasteiger partial charge in [0.05, 0.1) is 6.26 Å². The van der Waals surface area contributed by atoms with E-state index in [1.165, 1.54) is 0 Å². The van der Waals surface area contributed by atoms with Gasteiger partial charge in [0.15, 0.2) is 0 Å². The van der Waals surface area contributed by atoms with Crippen LogP contribution in [-0.2, 0) is 19.6 Å². The van der Waals surface area contributed by atoms with Crippen molar-refractivity contribution in [1.82, 2.24) is 4.72 Å². The Morgan fingerprint density at radius 1 is 1.47 bits per heavy atom. The summed E-state index contributed by atoms with van der Waals surface area (Å²) in [7, 11) is -3.14. The molecule has 0 aliphatic heterocycles. The van der Waals surface area contributed by atoms with Gasteiger partial charge in [0.25, 0.3) is 0 Å². The lowest BCUT2D eigenvalue weighted by molar-refractivity contribution is -0.143. The number of nitrogens with one attached hydrogen (secondary N) is 1. The largest absolute Gasteiger partial charge is 0.459 e. The van der Waals surface area contributed by atoms with Gasteiger partial charge >= 0.3 is 5.97 Å². The van der Waals surface area contributed by atoms with E-state index in [1.54, 1.807) is 6.92 Å². The Bertz CT molecular complexity index is 402. The van der Waals surface area contributed by atoms with Gasteiger partial charge in [0.2, 0.25) is 10.0 Å². The smallest absolute Gasteiger partial charge is 0.333 e. The lowest BCUT2D eigenvalue weighted by atomic mass is 10.1. The van der Waals surface area contributed by atoms with Crippen molar-refractivity contribution in [3.63, 3.8) is 0 Å². The van der Waals surface area contributed by atoms with Crippen molar-refractivity contribution in [3.05, 3.63) is 12.2 Å². The average molecular weight is 261 g/mol. The number of rotatable bonds is 5. The van der Waals surface area contributed by atoms with E-state index in [9.17, 15) is 13.2 Å². The van der Waals surface area contributed by atoms with E-state index in [-0.39, 0.29) is 18.0 Å². The number of esters is 1. The van der Waals surface area contributed by atoms with Crippen molar-refractivity contribution in [3.8, 4) is 0 Å². The standard InChI is InChI=1S/C11H19NO4S/c1-8(2)11(13)16-10-5-4-9(6-10)7-12-17(3,14)15/h9-10,12H,1,4-7H2,2-3H3/t9?,10-/m1/s1. The Hall–Kier alpha value is -0.880. The van der Waals surface area contributed by atoms with Crippen molar-refractivity contribution < 1.29 is 17.9 Å². The molecule has 0 spiro atoms. The fourth-order valence-corrected chi connectivity index (χ4v) is 2.38. The van der Waals surface area contributed by atoms with Crippen LogP contribution < -0.4 is 4.72 Å². The molecule has 1 saturated carbocycles. The van der Waals surface area contributed by atoms with Gasteiger partial charge in [0.1, 0.15) is 6.10 Å². The molecular weight excluding hydrogens is 242 g/mol. The van der Waals surface area contributed by atoms with Gasteiger partial charge < -0.3 is 4.74 Å². The van der Waals surface area contributed by atoms with Gasteiger partial charge in [0, 0.05) is 12.1 Å². The monoisotopic (exact) mass is 261 g/mol. The minimum Gasteiger partial charge on any atom is -0.459 e. The number of carbonyl (C=O) groups is 1. The van der Waals surface area contributed by atoms with Gasteiger partial charge in [-0.1, -0.05) is 6.58 Å². The summed E-state index contributed by atoms with van der Waals surface area (Å²) in [5.41, 5.74) is 0.391. The van der Waals surface area contributed by atoms with E-state index in [1.807, 2.05) is 0 Å². The molecule has 0 aromatic rings. The molecule has 98 valence electrons. The molecule has 0 amide bonds. The Balaban J connectivity index is 2.33. The topological polar surface area (TPSA) is 72.5 Å². The first-order valence-electron chi connectivity index (χ1n) is 5.59. The summed E-state index contributed by atoms with van der Waals surface area (Å²) in [5.74, 6) is -0.126. The summed E-state index contributed by atoms with van der Waals surface area (Å²) in [4.78, 5) is 11.3. The maximum Gasteiger partial charge on any atom is 0.333 e. The fourth-order valence-electron chi connectivity index (χ4n) is 1.84. The Labute approximate surface area is 102 Å². The quantitative estimate of drug-likeness (QED) is 0.587. The number of carbonyl (C=O) groups excluding carboxylic acids is 1. The van der Waals surface area contributed by atoms with Crippen LogP contribution in [0.4, 0.5) is 0 Å². The summed E-state index contributed by atoms with van der Waals surface area (Å²) in [6.07, 6.45) is 3.40. The van der Waals surface area contributed by atoms with Crippen LogP contribution in [0.2, 0.25) is 0 Å². The highest BCUT2D eigenvalue weighted by atomic mass is 32.2. The second kappa shape index (κ2) is 5.64. The summed E-state index contributed by atoms with van der Waals surface area (Å²) in [6, 6.07) is 0. The first-order chi connectivity index (χ1) is 7.78. The highest BCUT2D eigenvalue weighted by Crippen LogP contribution is 2.27. The predicted molar refractivity (Wildman–Crippen MR) is 64.9 cm³/mol. The van der Waals surface area contributed by atoms with Crippen LogP contribution in [0.25, 0.3) is 0 Å². The van der Waals surface area contributed by atoms with E-state index >= 15 is 0 Å². The zero-order chi connectivity index (χ0) is 13.1. The van der Waals surface area contributed by atoms with Crippen molar-refractivity contribution in [2.24, 2.45) is 5.92 Å². The van der Waals surface area contributed by atoms with Crippen molar-refractivity contribution in [2.75, 3.05) is 12.8 Å². The lowest BCUT2D eigenvalue weighted by Gasteiger charge is -2.12. The van der Waals surface area contributed by atoms with E-state index in [4.69, 9.17) is 4.74 Å². The van der Waals surface area contributed by atoms with E-state index in [0.29, 0.717) is 18.5 Å². The average Bonchev–Trinajstić information content (AvgIpc) is 2.61. The number of ether oxygens (including phenoxy) is 1. The van der Waals surface area contributed by atoms with Gasteiger partial charge in [-0.15, -0.1) is 0 Å². The van der Waals surface area contributed by atoms with Crippen LogP contribution in [0.3, 0.4) is 0 Å². The number of hydrogen-bond acceptors (Lipinski definition) is 4. The van der Waals surface area contributed by atoms with Gasteiger partial charge in [-0.3, -0.25) is 0 Å². The number of hydrogen-bond donors (Lipinski definition) is 1. The molecule has 1 aliphatic carbocycles. The Morgan fingerprint density at radius 2 is 2.12 bits per heavy atom. The van der Waals surface area contributed by atoms with Crippen LogP contribution in [0.15, 0.2) is 12.2 Å². The van der Waals surface area contributed by atoms with Crippen LogP contribution in [0.1, 0.15) is 26.2 Å². The minimum absolute atomic E-state index is 0.106. The second-order valence-corrected chi connectivity index (χ2v) is 6.44. The SMILES string of the molecule is C=C(C)C(=O)O[C@@H]1CCC(CNS(C)(=O)=O)C1. The van der Waals surface area contributed by atoms with Crippen molar-refractivity contribution in [2.45, 2.75) is 32.3 Å². The molecule has 0 aromatic carbocycles. The maximum atomic E-state index is 11.3. The first kappa shape index (κ1) is 14.2. The van der Waals surface area contributed by atoms with Crippen LogP contribution in [0, 0.1) is 5.92 Å². The highest BCUT2D eigenvalue weighted by Gasteiger charge is 2.27. The summed E-state index contributed by atoms with van der Waals surface area (Å²) in [6.45, 7) is 5.55. The summed E-state index contributed by atoms with van der Waals surface area (Å²) in [5, 5.41) is 0. The summed E-state index contributed by atoms with van der Waals surface area (Å²) >= 11 is 0. The zero-order valence-corrected chi connectivity index (χ0v) is 11.0. The Morgan fingerprint density at radius 3 is 2.65 bits per heavy atom. The molecule has 0 radical (unpaired) electrons. The minimum atomic E-state index is -3.14. The molecule has 2 atom stereocenters. The third-order valence-corrected chi connectivity index (χ3v) is 3.44. The van der Waals surface area contributed by atoms with Crippen LogP contribution >= 0.6 is 0 Å². The molecule has 0 bridgehead atoms.